The number of aliphatic hydroxyl groups is 4. The second-order valence-corrected chi connectivity index (χ2v) is 7.31. The van der Waals surface area contributed by atoms with Gasteiger partial charge in [-0.05, 0) is 12.1 Å². The molecule has 0 aliphatic carbocycles. The zero-order valence-electron chi connectivity index (χ0n) is 16.3. The maximum atomic E-state index is 12.8. The number of hydrogen-bond acceptors (Lipinski definition) is 11. The Balaban J connectivity index is 1.65. The van der Waals surface area contributed by atoms with Gasteiger partial charge in [0.2, 0.25) is 11.7 Å². The van der Waals surface area contributed by atoms with E-state index in [0.717, 1.165) is 24.5 Å². The first-order valence-electron chi connectivity index (χ1n) is 9.49. The first-order chi connectivity index (χ1) is 15.2. The molecule has 1 fully saturated rings. The van der Waals surface area contributed by atoms with Crippen LogP contribution in [-0.2, 0) is 4.74 Å². The molecule has 0 amide bonds. The maximum absolute atomic E-state index is 12.8. The molecule has 1 aliphatic heterocycles. The first kappa shape index (κ1) is 21.9. The summed E-state index contributed by atoms with van der Waals surface area (Å²) in [5, 5.41) is 68.8. The fourth-order valence-corrected chi connectivity index (χ4v) is 3.52. The van der Waals surface area contributed by atoms with E-state index in [1.165, 1.54) is 12.1 Å². The minimum Gasteiger partial charge on any atom is -0.508 e. The highest BCUT2D eigenvalue weighted by atomic mass is 16.7. The number of phenols is 3. The summed E-state index contributed by atoms with van der Waals surface area (Å²) >= 11 is 0. The Bertz CT molecular complexity index is 1200. The third kappa shape index (κ3) is 3.72. The predicted molar refractivity (Wildman–Crippen MR) is 107 cm³/mol. The topological polar surface area (TPSA) is 190 Å². The lowest BCUT2D eigenvalue weighted by Gasteiger charge is -2.39. The van der Waals surface area contributed by atoms with Gasteiger partial charge in [0.15, 0.2) is 0 Å². The highest BCUT2D eigenvalue weighted by molar-refractivity contribution is 5.88. The van der Waals surface area contributed by atoms with Gasteiger partial charge in [-0.1, -0.05) is 0 Å². The molecule has 170 valence electrons. The molecule has 0 spiro atoms. The van der Waals surface area contributed by atoms with Crippen LogP contribution in [0.5, 0.6) is 23.0 Å². The maximum Gasteiger partial charge on any atom is 0.229 e. The second kappa shape index (κ2) is 8.30. The highest BCUT2D eigenvalue weighted by Gasteiger charge is 2.44. The van der Waals surface area contributed by atoms with Crippen molar-refractivity contribution >= 4 is 11.0 Å². The molecule has 0 radical (unpaired) electrons. The predicted octanol–water partition coefficient (Wildman–Crippen LogP) is -0.245. The lowest BCUT2D eigenvalue weighted by atomic mass is 9.99. The van der Waals surface area contributed by atoms with Gasteiger partial charge in [-0.25, -0.2) is 0 Å². The number of aliphatic hydroxyl groups excluding tert-OH is 4. The molecular weight excluding hydrogens is 428 g/mol. The van der Waals surface area contributed by atoms with Crippen LogP contribution < -0.4 is 10.2 Å². The van der Waals surface area contributed by atoms with Gasteiger partial charge in [0, 0.05) is 23.8 Å². The lowest BCUT2D eigenvalue weighted by Crippen LogP contribution is -2.60. The summed E-state index contributed by atoms with van der Waals surface area (Å²) in [6, 6.07) is 5.94. The summed E-state index contributed by atoms with van der Waals surface area (Å²) < 4.78 is 16.0. The monoisotopic (exact) mass is 448 g/mol. The Morgan fingerprint density at radius 2 is 1.66 bits per heavy atom. The molecule has 0 bridgehead atoms. The molecule has 0 saturated carbocycles. The minimum atomic E-state index is -1.64. The van der Waals surface area contributed by atoms with Crippen LogP contribution in [-0.4, -0.2) is 73.1 Å². The smallest absolute Gasteiger partial charge is 0.229 e. The van der Waals surface area contributed by atoms with Crippen LogP contribution in [0.2, 0.25) is 0 Å². The van der Waals surface area contributed by atoms with Gasteiger partial charge in [-0.15, -0.1) is 0 Å². The van der Waals surface area contributed by atoms with Crippen molar-refractivity contribution in [3.05, 3.63) is 46.8 Å². The van der Waals surface area contributed by atoms with Crippen molar-refractivity contribution in [2.45, 2.75) is 30.7 Å². The number of hydrogen-bond donors (Lipinski definition) is 7. The summed E-state index contributed by atoms with van der Waals surface area (Å²) in [5.74, 6) is -1.19. The summed E-state index contributed by atoms with van der Waals surface area (Å²) in [6.45, 7) is -0.628. The molecule has 32 heavy (non-hydrogen) atoms. The second-order valence-electron chi connectivity index (χ2n) is 7.31. The summed E-state index contributed by atoms with van der Waals surface area (Å²) in [6.07, 6.45) is -6.37. The van der Waals surface area contributed by atoms with Gasteiger partial charge in [0.25, 0.3) is 0 Å². The Morgan fingerprint density at radius 3 is 2.34 bits per heavy atom. The SMILES string of the molecule is O=c1c(-c2ccc(O[C@@H]3O[C@H](CO)[C@@H](O)[C@H](O)[C@H]3O)cc2O)coc2cc(O)cc(O)c12. The molecule has 1 saturated heterocycles. The van der Waals surface area contributed by atoms with E-state index in [0.29, 0.717) is 0 Å². The van der Waals surface area contributed by atoms with Crippen LogP contribution in [0.4, 0.5) is 0 Å². The van der Waals surface area contributed by atoms with Crippen LogP contribution in [0.3, 0.4) is 0 Å². The zero-order chi connectivity index (χ0) is 23.2. The summed E-state index contributed by atoms with van der Waals surface area (Å²) in [5.41, 5.74) is -0.718. The normalized spacial score (nSPS) is 25.7. The van der Waals surface area contributed by atoms with Gasteiger partial charge in [-0.2, -0.15) is 0 Å². The molecule has 5 atom stereocenters. The molecular formula is C21H20O11. The average Bonchev–Trinajstić information content (AvgIpc) is 2.74. The van der Waals surface area contributed by atoms with Gasteiger partial charge in [0.05, 0.1) is 12.2 Å². The standard InChI is InChI=1S/C21H20O11/c22-6-15-18(27)19(28)20(29)21(32-15)31-9-1-2-10(12(24)5-9)11-7-30-14-4-8(23)3-13(25)16(14)17(11)26/h1-5,7,15,18-25,27-29H,6H2/t15-,18-,19+,20-,21-/m1/s1. The van der Waals surface area contributed by atoms with Crippen LogP contribution in [0.15, 0.2) is 45.8 Å². The molecule has 11 heteroatoms. The third-order valence-electron chi connectivity index (χ3n) is 5.20. The fraction of sp³-hybridized carbons (Fsp3) is 0.286. The van der Waals surface area contributed by atoms with Crippen molar-refractivity contribution in [3.63, 3.8) is 0 Å². The van der Waals surface area contributed by atoms with Crippen molar-refractivity contribution in [2.75, 3.05) is 6.61 Å². The Labute approximate surface area is 179 Å². The first-order valence-corrected chi connectivity index (χ1v) is 9.49. The van der Waals surface area contributed by atoms with Gasteiger partial charge in [-0.3, -0.25) is 4.79 Å². The van der Waals surface area contributed by atoms with E-state index < -0.39 is 54.2 Å². The lowest BCUT2D eigenvalue weighted by molar-refractivity contribution is -0.277. The Kier molecular flexibility index (Phi) is 5.67. The van der Waals surface area contributed by atoms with Crippen LogP contribution >= 0.6 is 0 Å². The number of benzene rings is 2. The molecule has 7 N–H and O–H groups in total. The number of fused-ring (bicyclic) bond motifs is 1. The number of aromatic hydroxyl groups is 3. The third-order valence-corrected chi connectivity index (χ3v) is 5.20. The molecule has 1 aliphatic rings. The van der Waals surface area contributed by atoms with Crippen LogP contribution in [0, 0.1) is 0 Å². The summed E-state index contributed by atoms with van der Waals surface area (Å²) in [7, 11) is 0. The van der Waals surface area contributed by atoms with Crippen molar-refractivity contribution in [1.29, 1.82) is 0 Å². The van der Waals surface area contributed by atoms with E-state index in [2.05, 4.69) is 0 Å². The molecule has 2 aromatic carbocycles. The minimum absolute atomic E-state index is 0.00599. The Hall–Kier alpha value is -3.35. The van der Waals surface area contributed by atoms with E-state index in [1.54, 1.807) is 0 Å². The van der Waals surface area contributed by atoms with E-state index in [4.69, 9.17) is 13.9 Å². The molecule has 4 rings (SSSR count). The molecule has 0 unspecified atom stereocenters. The van der Waals surface area contributed by atoms with Crippen molar-refractivity contribution in [2.24, 2.45) is 0 Å². The highest BCUT2D eigenvalue weighted by Crippen LogP contribution is 2.35. The molecule has 11 nitrogen and oxygen atoms in total. The molecule has 1 aromatic heterocycles. The molecule has 3 aromatic rings. The van der Waals surface area contributed by atoms with Gasteiger partial charge in [0.1, 0.15) is 64.6 Å². The van der Waals surface area contributed by atoms with Crippen molar-refractivity contribution in [1.82, 2.24) is 0 Å². The Morgan fingerprint density at radius 1 is 0.906 bits per heavy atom. The zero-order valence-corrected chi connectivity index (χ0v) is 16.3. The van der Waals surface area contributed by atoms with Gasteiger partial charge < -0.3 is 49.6 Å². The van der Waals surface area contributed by atoms with Crippen LogP contribution in [0.1, 0.15) is 0 Å². The van der Waals surface area contributed by atoms with Crippen molar-refractivity contribution < 1.29 is 49.6 Å². The van der Waals surface area contributed by atoms with Crippen molar-refractivity contribution in [3.8, 4) is 34.1 Å². The van der Waals surface area contributed by atoms with E-state index in [-0.39, 0.29) is 33.6 Å². The van der Waals surface area contributed by atoms with E-state index in [1.807, 2.05) is 0 Å². The average molecular weight is 448 g/mol. The number of rotatable bonds is 4. The van der Waals surface area contributed by atoms with Gasteiger partial charge >= 0.3 is 0 Å². The largest absolute Gasteiger partial charge is 0.508 e. The van der Waals surface area contributed by atoms with E-state index >= 15 is 0 Å². The van der Waals surface area contributed by atoms with Crippen LogP contribution in [0.25, 0.3) is 22.1 Å². The number of phenolic OH excluding ortho intramolecular Hbond substituents is 3. The summed E-state index contributed by atoms with van der Waals surface area (Å²) in [4.78, 5) is 12.8. The van der Waals surface area contributed by atoms with E-state index in [9.17, 15) is 40.5 Å². The fourth-order valence-electron chi connectivity index (χ4n) is 3.52. The quantitative estimate of drug-likeness (QED) is 0.279. The molecule has 2 heterocycles. The number of ether oxygens (including phenoxy) is 2.